The highest BCUT2D eigenvalue weighted by Crippen LogP contribution is 2.32. The predicted octanol–water partition coefficient (Wildman–Crippen LogP) is 4.32. The molecule has 1 unspecified atom stereocenters. The lowest BCUT2D eigenvalue weighted by Crippen LogP contribution is -2.24. The molecule has 5 nitrogen and oxygen atoms in total. The lowest BCUT2D eigenvalue weighted by Gasteiger charge is -2.13. The van der Waals surface area contributed by atoms with Gasteiger partial charge in [0, 0.05) is 24.4 Å². The smallest absolute Gasteiger partial charge is 0.278 e. The first-order valence-corrected chi connectivity index (χ1v) is 8.80. The first-order chi connectivity index (χ1) is 12.3. The van der Waals surface area contributed by atoms with Gasteiger partial charge < -0.3 is 4.74 Å². The van der Waals surface area contributed by atoms with Gasteiger partial charge >= 0.3 is 0 Å². The zero-order valence-electron chi connectivity index (χ0n) is 15.4. The van der Waals surface area contributed by atoms with Crippen LogP contribution in [0.4, 0.5) is 4.39 Å². The normalized spacial score (nSPS) is 12.6. The zero-order valence-corrected chi connectivity index (χ0v) is 16.2. The van der Waals surface area contributed by atoms with Gasteiger partial charge in [0.15, 0.2) is 17.4 Å². The summed E-state index contributed by atoms with van der Waals surface area (Å²) in [6.07, 6.45) is 0.916. The highest BCUT2D eigenvalue weighted by atomic mass is 35.5. The Labute approximate surface area is 156 Å². The average Bonchev–Trinajstić information content (AvgIpc) is 2.95. The van der Waals surface area contributed by atoms with Gasteiger partial charge in [-0.25, -0.2) is 8.91 Å². The van der Waals surface area contributed by atoms with Gasteiger partial charge in [0.1, 0.15) is 5.52 Å². The summed E-state index contributed by atoms with van der Waals surface area (Å²) in [7, 11) is 2.99. The molecular formula is C19H21ClFN3O2. The fourth-order valence-corrected chi connectivity index (χ4v) is 3.34. The number of hydrogen-bond donors (Lipinski definition) is 0. The molecule has 7 heteroatoms. The number of benzene rings is 1. The highest BCUT2D eigenvalue weighted by molar-refractivity contribution is 6.33. The van der Waals surface area contributed by atoms with Crippen LogP contribution >= 0.6 is 11.6 Å². The molecule has 0 N–H and O–H groups in total. The van der Waals surface area contributed by atoms with E-state index in [4.69, 9.17) is 16.3 Å². The van der Waals surface area contributed by atoms with E-state index in [1.54, 1.807) is 11.6 Å². The molecule has 0 radical (unpaired) electrons. The summed E-state index contributed by atoms with van der Waals surface area (Å²) in [4.78, 5) is 13.0. The number of methoxy groups -OCH3 is 1. The Kier molecular flexibility index (Phi) is 4.80. The summed E-state index contributed by atoms with van der Waals surface area (Å²) < 4.78 is 22.2. The largest absolute Gasteiger partial charge is 0.494 e. The van der Waals surface area contributed by atoms with Crippen molar-refractivity contribution in [3.05, 3.63) is 50.7 Å². The van der Waals surface area contributed by atoms with Gasteiger partial charge in [0.05, 0.1) is 12.1 Å². The number of rotatable bonds is 4. The van der Waals surface area contributed by atoms with E-state index in [0.717, 1.165) is 17.7 Å². The fourth-order valence-electron chi connectivity index (χ4n) is 3.10. The second-order valence-corrected chi connectivity index (χ2v) is 6.87. The van der Waals surface area contributed by atoms with Gasteiger partial charge in [0.25, 0.3) is 5.56 Å². The molecule has 2 heterocycles. The van der Waals surface area contributed by atoms with Gasteiger partial charge in [0.2, 0.25) is 0 Å². The third-order valence-corrected chi connectivity index (χ3v) is 5.14. The Balaban J connectivity index is 2.34. The SMILES string of the molecule is CCC(C)c1cc(C)n2nc(-c3cc(F)c(OC)cc3Cl)n(C)c(=O)c12. The summed E-state index contributed by atoms with van der Waals surface area (Å²) in [5.74, 6) is 0.0105. The molecule has 0 aliphatic carbocycles. The monoisotopic (exact) mass is 377 g/mol. The van der Waals surface area contributed by atoms with E-state index in [1.807, 2.05) is 13.0 Å². The number of halogens is 2. The molecule has 26 heavy (non-hydrogen) atoms. The summed E-state index contributed by atoms with van der Waals surface area (Å²) in [5.41, 5.74) is 2.51. The van der Waals surface area contributed by atoms with Crippen molar-refractivity contribution in [2.24, 2.45) is 7.05 Å². The third-order valence-electron chi connectivity index (χ3n) is 4.83. The van der Waals surface area contributed by atoms with Crippen molar-refractivity contribution in [3.8, 4) is 17.1 Å². The molecule has 0 aliphatic rings. The van der Waals surface area contributed by atoms with E-state index in [-0.39, 0.29) is 22.2 Å². The van der Waals surface area contributed by atoms with Crippen LogP contribution in [-0.2, 0) is 7.05 Å². The summed E-state index contributed by atoms with van der Waals surface area (Å²) >= 11 is 6.30. The molecule has 0 amide bonds. The minimum Gasteiger partial charge on any atom is -0.494 e. The minimum absolute atomic E-state index is 0.0426. The maximum absolute atomic E-state index is 14.2. The van der Waals surface area contributed by atoms with E-state index in [0.29, 0.717) is 16.9 Å². The van der Waals surface area contributed by atoms with Gasteiger partial charge in [-0.05, 0) is 37.0 Å². The Hall–Kier alpha value is -2.34. The number of aryl methyl sites for hydroxylation is 1. The Bertz CT molecular complexity index is 1060. The van der Waals surface area contributed by atoms with Crippen molar-refractivity contribution in [1.82, 2.24) is 14.2 Å². The van der Waals surface area contributed by atoms with Gasteiger partial charge in [-0.1, -0.05) is 25.4 Å². The second kappa shape index (κ2) is 6.76. The number of nitrogens with zero attached hydrogens (tertiary/aromatic N) is 3. The Morgan fingerprint density at radius 2 is 2.04 bits per heavy atom. The molecule has 2 aromatic heterocycles. The van der Waals surface area contributed by atoms with Crippen LogP contribution in [0.1, 0.15) is 37.4 Å². The Morgan fingerprint density at radius 1 is 1.35 bits per heavy atom. The van der Waals surface area contributed by atoms with Crippen LogP contribution in [-0.4, -0.2) is 21.3 Å². The topological polar surface area (TPSA) is 48.5 Å². The van der Waals surface area contributed by atoms with Crippen LogP contribution in [0.3, 0.4) is 0 Å². The molecular weight excluding hydrogens is 357 g/mol. The summed E-state index contributed by atoms with van der Waals surface area (Å²) in [6.45, 7) is 6.05. The highest BCUT2D eigenvalue weighted by Gasteiger charge is 2.21. The van der Waals surface area contributed by atoms with E-state index in [9.17, 15) is 9.18 Å². The lowest BCUT2D eigenvalue weighted by molar-refractivity contribution is 0.386. The van der Waals surface area contributed by atoms with Crippen molar-refractivity contribution in [1.29, 1.82) is 0 Å². The van der Waals surface area contributed by atoms with Crippen LogP contribution in [0.5, 0.6) is 5.75 Å². The number of fused-ring (bicyclic) bond motifs is 1. The van der Waals surface area contributed by atoms with Crippen LogP contribution < -0.4 is 10.3 Å². The fraction of sp³-hybridized carbons (Fsp3) is 0.368. The van der Waals surface area contributed by atoms with Gasteiger partial charge in [-0.15, -0.1) is 5.10 Å². The van der Waals surface area contributed by atoms with Crippen LogP contribution in [0, 0.1) is 12.7 Å². The first-order valence-electron chi connectivity index (χ1n) is 8.42. The summed E-state index contributed by atoms with van der Waals surface area (Å²) in [6, 6.07) is 4.61. The van der Waals surface area contributed by atoms with Crippen LogP contribution in [0.2, 0.25) is 5.02 Å². The maximum Gasteiger partial charge on any atom is 0.278 e. The molecule has 0 saturated carbocycles. The third kappa shape index (κ3) is 2.78. The van der Waals surface area contributed by atoms with E-state index in [2.05, 4.69) is 18.9 Å². The van der Waals surface area contributed by atoms with Gasteiger partial charge in [-0.2, -0.15) is 0 Å². The Morgan fingerprint density at radius 3 is 2.65 bits per heavy atom. The number of ether oxygens (including phenoxy) is 1. The second-order valence-electron chi connectivity index (χ2n) is 6.47. The number of hydrogen-bond acceptors (Lipinski definition) is 3. The molecule has 3 rings (SSSR count). The standard InChI is InChI=1S/C19H21ClFN3O2/c1-6-10(2)12-7-11(3)24-17(12)19(25)23(4)18(22-24)13-8-15(21)16(26-5)9-14(13)20/h7-10H,6H2,1-5H3. The van der Waals surface area contributed by atoms with Crippen LogP contribution in [0.25, 0.3) is 16.9 Å². The van der Waals surface area contributed by atoms with Crippen molar-refractivity contribution < 1.29 is 9.13 Å². The average molecular weight is 378 g/mol. The van der Waals surface area contributed by atoms with E-state index >= 15 is 0 Å². The molecule has 1 atom stereocenters. The molecule has 0 spiro atoms. The van der Waals surface area contributed by atoms with Crippen molar-refractivity contribution >= 4 is 17.1 Å². The van der Waals surface area contributed by atoms with Gasteiger partial charge in [-0.3, -0.25) is 9.36 Å². The van der Waals surface area contributed by atoms with E-state index < -0.39 is 5.82 Å². The van der Waals surface area contributed by atoms with E-state index in [1.165, 1.54) is 23.8 Å². The van der Waals surface area contributed by atoms with Crippen molar-refractivity contribution in [3.63, 3.8) is 0 Å². The molecule has 3 aromatic rings. The van der Waals surface area contributed by atoms with Crippen molar-refractivity contribution in [2.75, 3.05) is 7.11 Å². The molecule has 1 aromatic carbocycles. The minimum atomic E-state index is -0.564. The molecule has 0 saturated heterocycles. The number of aromatic nitrogens is 3. The predicted molar refractivity (Wildman–Crippen MR) is 101 cm³/mol. The molecule has 0 aliphatic heterocycles. The molecule has 0 fully saturated rings. The molecule has 0 bridgehead atoms. The first kappa shape index (κ1) is 18.5. The lowest BCUT2D eigenvalue weighted by atomic mass is 10.00. The zero-order chi connectivity index (χ0) is 19.2. The van der Waals surface area contributed by atoms with Crippen molar-refractivity contribution in [2.45, 2.75) is 33.1 Å². The molecule has 138 valence electrons. The summed E-state index contributed by atoms with van der Waals surface area (Å²) in [5, 5.41) is 4.85. The maximum atomic E-state index is 14.2. The van der Waals surface area contributed by atoms with Crippen LogP contribution in [0.15, 0.2) is 23.0 Å². The quantitative estimate of drug-likeness (QED) is 0.680.